The smallest absolute Gasteiger partial charge is 0.243 e. The van der Waals surface area contributed by atoms with Crippen LogP contribution in [-0.4, -0.2) is 13.4 Å². The molecule has 0 fully saturated rings. The van der Waals surface area contributed by atoms with E-state index >= 15 is 0 Å². The summed E-state index contributed by atoms with van der Waals surface area (Å²) in [4.78, 5) is 3.24. The van der Waals surface area contributed by atoms with Gasteiger partial charge >= 0.3 is 0 Å². The molecule has 1 aromatic heterocycles. The predicted molar refractivity (Wildman–Crippen MR) is 74.1 cm³/mol. The van der Waals surface area contributed by atoms with Gasteiger partial charge in [0.2, 0.25) is 10.0 Å². The fraction of sp³-hybridized carbons (Fsp3) is 0.0833. The van der Waals surface area contributed by atoms with E-state index in [4.69, 9.17) is 17.3 Å². The van der Waals surface area contributed by atoms with Crippen LogP contribution in [0.1, 0.15) is 5.56 Å². The summed E-state index contributed by atoms with van der Waals surface area (Å²) in [5, 5.41) is 0.0492. The van der Waals surface area contributed by atoms with Crippen molar-refractivity contribution >= 4 is 27.3 Å². The number of sulfonamides is 1. The third kappa shape index (κ3) is 3.24. The lowest BCUT2D eigenvalue weighted by Gasteiger charge is -2.09. The van der Waals surface area contributed by atoms with E-state index in [0.717, 1.165) is 12.1 Å². The Labute approximate surface area is 120 Å². The first kappa shape index (κ1) is 14.7. The standard InChI is InChI=1S/C12H11ClFN3O2S/c13-9-5-10(15)12(14)11(6-9)20(18,19)17-7-8-1-3-16-4-2-8/h1-6,17H,7,15H2. The average molecular weight is 316 g/mol. The summed E-state index contributed by atoms with van der Waals surface area (Å²) in [5.41, 5.74) is 5.74. The minimum Gasteiger partial charge on any atom is -0.396 e. The van der Waals surface area contributed by atoms with Crippen molar-refractivity contribution in [3.05, 3.63) is 53.1 Å². The van der Waals surface area contributed by atoms with Gasteiger partial charge in [-0.2, -0.15) is 0 Å². The van der Waals surface area contributed by atoms with Gasteiger partial charge in [0.05, 0.1) is 5.69 Å². The van der Waals surface area contributed by atoms with Crippen LogP contribution in [-0.2, 0) is 16.6 Å². The van der Waals surface area contributed by atoms with Gasteiger partial charge < -0.3 is 5.73 Å². The second-order valence-electron chi connectivity index (χ2n) is 3.99. The highest BCUT2D eigenvalue weighted by atomic mass is 35.5. The number of hydrogen-bond donors (Lipinski definition) is 2. The first-order valence-electron chi connectivity index (χ1n) is 5.53. The molecule has 0 aliphatic rings. The van der Waals surface area contributed by atoms with Gasteiger partial charge in [-0.15, -0.1) is 0 Å². The predicted octanol–water partition coefficient (Wildman–Crippen LogP) is 1.93. The van der Waals surface area contributed by atoms with Crippen LogP contribution >= 0.6 is 11.6 Å². The molecule has 3 N–H and O–H groups in total. The summed E-state index contributed by atoms with van der Waals surface area (Å²) in [7, 11) is -4.04. The molecule has 0 bridgehead atoms. The maximum Gasteiger partial charge on any atom is 0.243 e. The van der Waals surface area contributed by atoms with Gasteiger partial charge in [0.25, 0.3) is 0 Å². The highest BCUT2D eigenvalue weighted by Gasteiger charge is 2.21. The molecule has 0 aliphatic carbocycles. The highest BCUT2D eigenvalue weighted by Crippen LogP contribution is 2.25. The van der Waals surface area contributed by atoms with Crippen molar-refractivity contribution in [1.82, 2.24) is 9.71 Å². The Morgan fingerprint density at radius 2 is 1.95 bits per heavy atom. The molecule has 0 saturated carbocycles. The zero-order valence-electron chi connectivity index (χ0n) is 10.2. The van der Waals surface area contributed by atoms with E-state index in [2.05, 4.69) is 9.71 Å². The topological polar surface area (TPSA) is 85.1 Å². The molecule has 0 aliphatic heterocycles. The molecule has 0 unspecified atom stereocenters. The number of nitrogens with one attached hydrogen (secondary N) is 1. The molecular formula is C12H11ClFN3O2S. The number of rotatable bonds is 4. The molecule has 0 amide bonds. The van der Waals surface area contributed by atoms with E-state index in [1.54, 1.807) is 12.1 Å². The third-order valence-electron chi connectivity index (χ3n) is 2.54. The summed E-state index contributed by atoms with van der Waals surface area (Å²) in [6, 6.07) is 5.46. The maximum atomic E-state index is 13.8. The Morgan fingerprint density at radius 1 is 1.30 bits per heavy atom. The summed E-state index contributed by atoms with van der Waals surface area (Å²) in [6.07, 6.45) is 3.06. The van der Waals surface area contributed by atoms with Crippen molar-refractivity contribution in [2.45, 2.75) is 11.4 Å². The first-order chi connectivity index (χ1) is 9.40. The molecule has 2 rings (SSSR count). The Hall–Kier alpha value is -1.70. The molecule has 1 heterocycles. The Morgan fingerprint density at radius 3 is 2.60 bits per heavy atom. The average Bonchev–Trinajstić information content (AvgIpc) is 2.42. The van der Waals surface area contributed by atoms with E-state index in [9.17, 15) is 12.8 Å². The van der Waals surface area contributed by atoms with Crippen LogP contribution in [0.3, 0.4) is 0 Å². The van der Waals surface area contributed by atoms with E-state index in [1.165, 1.54) is 12.4 Å². The molecular weight excluding hydrogens is 305 g/mol. The SMILES string of the molecule is Nc1cc(Cl)cc(S(=O)(=O)NCc2ccncc2)c1F. The van der Waals surface area contributed by atoms with Crippen LogP contribution < -0.4 is 10.5 Å². The van der Waals surface area contributed by atoms with Crippen LogP contribution in [0, 0.1) is 5.82 Å². The molecule has 0 radical (unpaired) electrons. The Balaban J connectivity index is 2.27. The number of aromatic nitrogens is 1. The van der Waals surface area contributed by atoms with Gasteiger partial charge in [-0.1, -0.05) is 11.6 Å². The lowest BCUT2D eigenvalue weighted by molar-refractivity contribution is 0.558. The minimum atomic E-state index is -4.04. The molecule has 1 aromatic carbocycles. The van der Waals surface area contributed by atoms with Gasteiger partial charge in [-0.3, -0.25) is 4.98 Å². The number of nitrogens with two attached hydrogens (primary N) is 1. The quantitative estimate of drug-likeness (QED) is 0.844. The summed E-state index contributed by atoms with van der Waals surface area (Å²) >= 11 is 5.70. The molecule has 0 spiro atoms. The van der Waals surface area contributed by atoms with Gasteiger partial charge in [0.15, 0.2) is 5.82 Å². The van der Waals surface area contributed by atoms with Crippen LogP contribution in [0.15, 0.2) is 41.6 Å². The number of halogens is 2. The van der Waals surface area contributed by atoms with Crippen LogP contribution in [0.2, 0.25) is 5.02 Å². The van der Waals surface area contributed by atoms with E-state index in [-0.39, 0.29) is 17.3 Å². The number of hydrogen-bond acceptors (Lipinski definition) is 4. The highest BCUT2D eigenvalue weighted by molar-refractivity contribution is 7.89. The van der Waals surface area contributed by atoms with E-state index in [1.807, 2.05) is 0 Å². The van der Waals surface area contributed by atoms with Crippen molar-refractivity contribution in [1.29, 1.82) is 0 Å². The Kier molecular flexibility index (Phi) is 4.22. The Bertz CT molecular complexity index is 723. The number of nitrogen functional groups attached to an aromatic ring is 1. The number of anilines is 1. The normalized spacial score (nSPS) is 11.5. The fourth-order valence-electron chi connectivity index (χ4n) is 1.54. The minimum absolute atomic E-state index is 0.0106. The zero-order valence-corrected chi connectivity index (χ0v) is 11.7. The van der Waals surface area contributed by atoms with E-state index < -0.39 is 20.7 Å². The molecule has 20 heavy (non-hydrogen) atoms. The summed E-state index contributed by atoms with van der Waals surface area (Å²) in [5.74, 6) is -1.02. The van der Waals surface area contributed by atoms with Crippen molar-refractivity contribution in [2.24, 2.45) is 0 Å². The number of pyridine rings is 1. The monoisotopic (exact) mass is 315 g/mol. The van der Waals surface area contributed by atoms with Crippen molar-refractivity contribution in [3.63, 3.8) is 0 Å². The van der Waals surface area contributed by atoms with Gasteiger partial charge in [-0.25, -0.2) is 17.5 Å². The third-order valence-corrected chi connectivity index (χ3v) is 4.16. The van der Waals surface area contributed by atoms with Crippen LogP contribution in [0.4, 0.5) is 10.1 Å². The lowest BCUT2D eigenvalue weighted by atomic mass is 10.3. The van der Waals surface area contributed by atoms with Crippen LogP contribution in [0.25, 0.3) is 0 Å². The van der Waals surface area contributed by atoms with Gasteiger partial charge in [-0.05, 0) is 29.8 Å². The zero-order chi connectivity index (χ0) is 14.8. The molecule has 0 saturated heterocycles. The van der Waals surface area contributed by atoms with Gasteiger partial charge in [0, 0.05) is 24.0 Å². The first-order valence-corrected chi connectivity index (χ1v) is 7.39. The van der Waals surface area contributed by atoms with Crippen molar-refractivity contribution in [2.75, 3.05) is 5.73 Å². The fourth-order valence-corrected chi connectivity index (χ4v) is 2.98. The second-order valence-corrected chi connectivity index (χ2v) is 6.16. The molecule has 8 heteroatoms. The molecule has 106 valence electrons. The van der Waals surface area contributed by atoms with Crippen molar-refractivity contribution < 1.29 is 12.8 Å². The maximum absolute atomic E-state index is 13.8. The second kappa shape index (κ2) is 5.74. The van der Waals surface area contributed by atoms with Crippen LogP contribution in [0.5, 0.6) is 0 Å². The van der Waals surface area contributed by atoms with Crippen molar-refractivity contribution in [3.8, 4) is 0 Å². The molecule has 2 aromatic rings. The summed E-state index contributed by atoms with van der Waals surface area (Å²) in [6.45, 7) is 0.0106. The van der Waals surface area contributed by atoms with Gasteiger partial charge in [0.1, 0.15) is 4.90 Å². The number of benzene rings is 1. The van der Waals surface area contributed by atoms with E-state index in [0.29, 0.717) is 5.56 Å². The largest absolute Gasteiger partial charge is 0.396 e. The molecule has 5 nitrogen and oxygen atoms in total. The molecule has 0 atom stereocenters. The summed E-state index contributed by atoms with van der Waals surface area (Å²) < 4.78 is 40.2. The lowest BCUT2D eigenvalue weighted by Crippen LogP contribution is -2.24. The number of nitrogens with zero attached hydrogens (tertiary/aromatic N) is 1.